The van der Waals surface area contributed by atoms with E-state index < -0.39 is 21.7 Å². The predicted molar refractivity (Wildman–Crippen MR) is 81.8 cm³/mol. The number of piperidine rings is 1. The van der Waals surface area contributed by atoms with Gasteiger partial charge in [-0.2, -0.15) is 0 Å². The van der Waals surface area contributed by atoms with Crippen molar-refractivity contribution in [2.45, 2.75) is 31.1 Å². The van der Waals surface area contributed by atoms with Crippen molar-refractivity contribution in [3.63, 3.8) is 0 Å². The number of hydrogen-bond acceptors (Lipinski definition) is 4. The van der Waals surface area contributed by atoms with Crippen LogP contribution in [0.15, 0.2) is 24.3 Å². The summed E-state index contributed by atoms with van der Waals surface area (Å²) in [7, 11) is -3.35. The minimum atomic E-state index is -3.35. The van der Waals surface area contributed by atoms with Crippen molar-refractivity contribution in [2.75, 3.05) is 19.6 Å². The van der Waals surface area contributed by atoms with Gasteiger partial charge < -0.3 is 10.1 Å². The summed E-state index contributed by atoms with van der Waals surface area (Å²) in [6.45, 7) is 3.17. The van der Waals surface area contributed by atoms with Gasteiger partial charge >= 0.3 is 6.09 Å². The van der Waals surface area contributed by atoms with Gasteiger partial charge in [-0.15, -0.1) is 0 Å². The first kappa shape index (κ1) is 15.3. The molecule has 0 aliphatic carbocycles. The molecule has 0 atom stereocenters. The van der Waals surface area contributed by atoms with Crippen LogP contribution in [0, 0.1) is 6.92 Å². The van der Waals surface area contributed by atoms with Crippen LogP contribution < -0.4 is 5.32 Å². The maximum absolute atomic E-state index is 12.6. The first-order valence-electron chi connectivity index (χ1n) is 7.39. The number of aryl methyl sites for hydroxylation is 1. The van der Waals surface area contributed by atoms with Gasteiger partial charge in [0.25, 0.3) is 0 Å². The van der Waals surface area contributed by atoms with Crippen LogP contribution in [0.25, 0.3) is 0 Å². The molecule has 22 heavy (non-hydrogen) atoms. The highest BCUT2D eigenvalue weighted by molar-refractivity contribution is 7.88. The van der Waals surface area contributed by atoms with Gasteiger partial charge in [-0.3, -0.25) is 0 Å². The summed E-state index contributed by atoms with van der Waals surface area (Å²) in [5.41, 5.74) is 1.29. The SMILES string of the molecule is Cc1ccccc1CS(=O)(=O)N1CCC2(CC1)CNC(=O)O2. The van der Waals surface area contributed by atoms with Gasteiger partial charge in [0.1, 0.15) is 5.60 Å². The molecule has 1 aromatic carbocycles. The molecule has 6 nitrogen and oxygen atoms in total. The van der Waals surface area contributed by atoms with E-state index in [9.17, 15) is 13.2 Å². The Hall–Kier alpha value is -1.60. The van der Waals surface area contributed by atoms with Gasteiger partial charge in [-0.25, -0.2) is 17.5 Å². The van der Waals surface area contributed by atoms with Crippen LogP contribution in [0.3, 0.4) is 0 Å². The summed E-state index contributed by atoms with van der Waals surface area (Å²) < 4.78 is 32.0. The van der Waals surface area contributed by atoms with E-state index in [1.54, 1.807) is 0 Å². The van der Waals surface area contributed by atoms with Crippen LogP contribution in [-0.4, -0.2) is 44.1 Å². The van der Waals surface area contributed by atoms with Gasteiger partial charge in [0.15, 0.2) is 0 Å². The zero-order valence-electron chi connectivity index (χ0n) is 12.5. The topological polar surface area (TPSA) is 75.7 Å². The highest BCUT2D eigenvalue weighted by Crippen LogP contribution is 2.31. The zero-order chi connectivity index (χ0) is 15.8. The number of hydrogen-bond donors (Lipinski definition) is 1. The molecule has 3 rings (SSSR count). The third-order valence-corrected chi connectivity index (χ3v) is 6.32. The fraction of sp³-hybridized carbons (Fsp3) is 0.533. The molecule has 0 bridgehead atoms. The number of carbonyl (C=O) groups is 1. The van der Waals surface area contributed by atoms with E-state index in [2.05, 4.69) is 5.32 Å². The average molecular weight is 324 g/mol. The highest BCUT2D eigenvalue weighted by atomic mass is 32.2. The second-order valence-electron chi connectivity index (χ2n) is 6.01. The number of benzene rings is 1. The first-order chi connectivity index (χ1) is 10.4. The summed E-state index contributed by atoms with van der Waals surface area (Å²) in [6, 6.07) is 7.52. The van der Waals surface area contributed by atoms with Crippen LogP contribution in [-0.2, 0) is 20.5 Å². The largest absolute Gasteiger partial charge is 0.441 e. The van der Waals surface area contributed by atoms with Crippen molar-refractivity contribution >= 4 is 16.1 Å². The Labute approximate surface area is 130 Å². The van der Waals surface area contributed by atoms with E-state index in [4.69, 9.17) is 4.74 Å². The molecule has 1 amide bonds. The van der Waals surface area contributed by atoms with Gasteiger partial charge in [0, 0.05) is 25.9 Å². The van der Waals surface area contributed by atoms with E-state index in [1.807, 2.05) is 31.2 Å². The van der Waals surface area contributed by atoms with Crippen LogP contribution in [0.1, 0.15) is 24.0 Å². The van der Waals surface area contributed by atoms with E-state index in [0.29, 0.717) is 32.5 Å². The number of carbonyl (C=O) groups excluding carboxylic acids is 1. The normalized spacial score (nSPS) is 21.6. The highest BCUT2D eigenvalue weighted by Gasteiger charge is 2.44. The molecular weight excluding hydrogens is 304 g/mol. The monoisotopic (exact) mass is 324 g/mol. The average Bonchev–Trinajstić information content (AvgIpc) is 2.83. The maximum atomic E-state index is 12.6. The minimum Gasteiger partial charge on any atom is -0.441 e. The third-order valence-electron chi connectivity index (χ3n) is 4.49. The van der Waals surface area contributed by atoms with Gasteiger partial charge in [-0.05, 0) is 18.1 Å². The number of nitrogens with one attached hydrogen (secondary N) is 1. The standard InChI is InChI=1S/C15H20N2O4S/c1-12-4-2-3-5-13(12)10-22(19,20)17-8-6-15(7-9-17)11-16-14(18)21-15/h2-5H,6-11H2,1H3,(H,16,18). The molecule has 1 aromatic rings. The molecule has 1 spiro atoms. The molecule has 1 N–H and O–H groups in total. The Bertz CT molecular complexity index is 679. The molecule has 0 aromatic heterocycles. The number of alkyl carbamates (subject to hydrolysis) is 1. The Morgan fingerprint density at radius 2 is 1.95 bits per heavy atom. The van der Waals surface area contributed by atoms with Gasteiger partial charge in [-0.1, -0.05) is 24.3 Å². The summed E-state index contributed by atoms with van der Waals surface area (Å²) in [5.74, 6) is 0.0186. The Balaban J connectivity index is 1.67. The molecular formula is C15H20N2O4S. The van der Waals surface area contributed by atoms with Crippen LogP contribution in [0.5, 0.6) is 0 Å². The van der Waals surface area contributed by atoms with Crippen molar-refractivity contribution in [1.29, 1.82) is 0 Å². The number of rotatable bonds is 3. The molecule has 2 aliphatic heterocycles. The second kappa shape index (κ2) is 5.55. The maximum Gasteiger partial charge on any atom is 0.407 e. The molecule has 0 saturated carbocycles. The molecule has 120 valence electrons. The fourth-order valence-corrected chi connectivity index (χ4v) is 4.65. The Morgan fingerprint density at radius 3 is 2.55 bits per heavy atom. The van der Waals surface area contributed by atoms with Crippen molar-refractivity contribution in [3.05, 3.63) is 35.4 Å². The third kappa shape index (κ3) is 2.96. The lowest BCUT2D eigenvalue weighted by Gasteiger charge is -2.36. The Kier molecular flexibility index (Phi) is 3.86. The van der Waals surface area contributed by atoms with Crippen molar-refractivity contribution in [2.24, 2.45) is 0 Å². The minimum absolute atomic E-state index is 0.0186. The van der Waals surface area contributed by atoms with Crippen LogP contribution in [0.4, 0.5) is 4.79 Å². The van der Waals surface area contributed by atoms with Gasteiger partial charge in [0.05, 0.1) is 12.3 Å². The number of ether oxygens (including phenoxy) is 1. The van der Waals surface area contributed by atoms with Crippen molar-refractivity contribution in [3.8, 4) is 0 Å². The first-order valence-corrected chi connectivity index (χ1v) is 9.00. The molecule has 7 heteroatoms. The lowest BCUT2D eigenvalue weighted by molar-refractivity contribution is 0.0172. The molecule has 0 unspecified atom stereocenters. The molecule has 2 heterocycles. The quantitative estimate of drug-likeness (QED) is 0.912. The van der Waals surface area contributed by atoms with Crippen LogP contribution in [0.2, 0.25) is 0 Å². The number of sulfonamides is 1. The number of nitrogens with zero attached hydrogens (tertiary/aromatic N) is 1. The summed E-state index contributed by atoms with van der Waals surface area (Å²) in [4.78, 5) is 11.2. The predicted octanol–water partition coefficient (Wildman–Crippen LogP) is 1.40. The smallest absolute Gasteiger partial charge is 0.407 e. The van der Waals surface area contributed by atoms with Crippen LogP contribution >= 0.6 is 0 Å². The van der Waals surface area contributed by atoms with E-state index >= 15 is 0 Å². The number of amides is 1. The molecule has 2 aliphatic rings. The van der Waals surface area contributed by atoms with Crippen molar-refractivity contribution < 1.29 is 17.9 Å². The summed E-state index contributed by atoms with van der Waals surface area (Å²) in [5, 5.41) is 2.65. The lowest BCUT2D eigenvalue weighted by atomic mass is 9.93. The zero-order valence-corrected chi connectivity index (χ0v) is 13.4. The molecule has 2 saturated heterocycles. The van der Waals surface area contributed by atoms with E-state index in [-0.39, 0.29) is 5.75 Å². The summed E-state index contributed by atoms with van der Waals surface area (Å²) >= 11 is 0. The van der Waals surface area contributed by atoms with Crippen molar-refractivity contribution in [1.82, 2.24) is 9.62 Å². The lowest BCUT2D eigenvalue weighted by Crippen LogP contribution is -2.48. The fourth-order valence-electron chi connectivity index (χ4n) is 3.01. The van der Waals surface area contributed by atoms with E-state index in [0.717, 1.165) is 11.1 Å². The second-order valence-corrected chi connectivity index (χ2v) is 7.98. The molecule has 2 fully saturated rings. The van der Waals surface area contributed by atoms with Gasteiger partial charge in [0.2, 0.25) is 10.0 Å². The Morgan fingerprint density at radius 1 is 1.27 bits per heavy atom. The summed E-state index contributed by atoms with van der Waals surface area (Å²) in [6.07, 6.45) is 0.675. The molecule has 0 radical (unpaired) electrons. The van der Waals surface area contributed by atoms with E-state index in [1.165, 1.54) is 4.31 Å².